The summed E-state index contributed by atoms with van der Waals surface area (Å²) in [6, 6.07) is 7.92. The summed E-state index contributed by atoms with van der Waals surface area (Å²) in [5, 5.41) is 0. The summed E-state index contributed by atoms with van der Waals surface area (Å²) in [7, 11) is 4.02. The van der Waals surface area contributed by atoms with Gasteiger partial charge in [-0.2, -0.15) is 0 Å². The van der Waals surface area contributed by atoms with Crippen LogP contribution in [0.4, 0.5) is 5.95 Å². The minimum Gasteiger partial charge on any atom is -0.464 e. The number of pyridine rings is 1. The highest BCUT2D eigenvalue weighted by atomic mass is 32.2. The van der Waals surface area contributed by atoms with Crippen LogP contribution in [0.15, 0.2) is 45.9 Å². The van der Waals surface area contributed by atoms with Crippen molar-refractivity contribution >= 4 is 17.9 Å². The Hall–Kier alpha value is -2.58. The molecule has 3 aromatic heterocycles. The first kappa shape index (κ1) is 21.1. The highest BCUT2D eigenvalue weighted by Crippen LogP contribution is 2.22. The monoisotopic (exact) mass is 413 g/mol. The fourth-order valence-electron chi connectivity index (χ4n) is 2.83. The minimum atomic E-state index is -0.124. The van der Waals surface area contributed by atoms with Gasteiger partial charge < -0.3 is 9.32 Å². The van der Waals surface area contributed by atoms with Crippen LogP contribution in [-0.4, -0.2) is 40.5 Å². The summed E-state index contributed by atoms with van der Waals surface area (Å²) in [5.41, 5.74) is 2.45. The molecule has 29 heavy (non-hydrogen) atoms. The fraction of sp³-hybridized carbons (Fsp3) is 0.381. The number of furan rings is 1. The van der Waals surface area contributed by atoms with Gasteiger partial charge in [-0.15, -0.1) is 0 Å². The zero-order valence-electron chi connectivity index (χ0n) is 17.3. The summed E-state index contributed by atoms with van der Waals surface area (Å²) in [4.78, 5) is 26.3. The Morgan fingerprint density at radius 1 is 1.10 bits per heavy atom. The molecule has 0 amide bonds. The van der Waals surface area contributed by atoms with Crippen LogP contribution in [-0.2, 0) is 18.7 Å². The van der Waals surface area contributed by atoms with Gasteiger partial charge in [-0.25, -0.2) is 4.98 Å². The standard InChI is InChI=1S/C21H27N5O2S/c1-5-26(29-14-19-9-8-18(28-19)13-25(3)4)21-23-12-17(20(27)24-21)10-16-7-6-15(2)22-11-16/h6-9,11-12H,5,10,13-14H2,1-4H3,(H,23,24,27). The lowest BCUT2D eigenvalue weighted by atomic mass is 10.1. The highest BCUT2D eigenvalue weighted by molar-refractivity contribution is 7.99. The molecular weight excluding hydrogens is 386 g/mol. The van der Waals surface area contributed by atoms with Crippen molar-refractivity contribution in [3.05, 3.63) is 75.4 Å². The van der Waals surface area contributed by atoms with Crippen molar-refractivity contribution in [3.63, 3.8) is 0 Å². The molecule has 0 aliphatic heterocycles. The maximum atomic E-state index is 12.5. The van der Waals surface area contributed by atoms with Crippen LogP contribution in [0.25, 0.3) is 0 Å². The van der Waals surface area contributed by atoms with Gasteiger partial charge in [0, 0.05) is 36.6 Å². The minimum absolute atomic E-state index is 0.124. The molecule has 0 saturated carbocycles. The molecule has 0 saturated heterocycles. The Labute approximate surface area is 175 Å². The molecule has 0 fully saturated rings. The van der Waals surface area contributed by atoms with E-state index in [4.69, 9.17) is 4.42 Å². The van der Waals surface area contributed by atoms with E-state index in [0.717, 1.165) is 29.3 Å². The molecule has 154 valence electrons. The van der Waals surface area contributed by atoms with E-state index < -0.39 is 0 Å². The number of aromatic amines is 1. The SMILES string of the molecule is CCN(SCc1ccc(CN(C)C)o1)c1ncc(Cc2ccc(C)nc2)c(=O)[nH]1. The van der Waals surface area contributed by atoms with Crippen molar-refractivity contribution < 1.29 is 4.42 Å². The third-order valence-electron chi connectivity index (χ3n) is 4.30. The predicted octanol–water partition coefficient (Wildman–Crippen LogP) is 3.39. The van der Waals surface area contributed by atoms with E-state index in [1.807, 2.05) is 56.5 Å². The van der Waals surface area contributed by atoms with E-state index in [-0.39, 0.29) is 5.56 Å². The topological polar surface area (TPSA) is 78.3 Å². The van der Waals surface area contributed by atoms with E-state index in [9.17, 15) is 4.79 Å². The average molecular weight is 414 g/mol. The van der Waals surface area contributed by atoms with E-state index in [1.54, 1.807) is 24.3 Å². The number of hydrogen-bond donors (Lipinski definition) is 1. The van der Waals surface area contributed by atoms with Crippen LogP contribution in [0, 0.1) is 6.92 Å². The first-order valence-electron chi connectivity index (χ1n) is 9.57. The maximum absolute atomic E-state index is 12.5. The van der Waals surface area contributed by atoms with Gasteiger partial charge in [-0.05, 0) is 63.7 Å². The van der Waals surface area contributed by atoms with Crippen molar-refractivity contribution in [1.82, 2.24) is 19.9 Å². The molecule has 0 aliphatic carbocycles. The molecule has 3 heterocycles. The molecular formula is C21H27N5O2S. The third-order valence-corrected chi connectivity index (χ3v) is 5.46. The second kappa shape index (κ2) is 9.76. The molecule has 3 rings (SSSR count). The van der Waals surface area contributed by atoms with Crippen molar-refractivity contribution in [2.24, 2.45) is 0 Å². The van der Waals surface area contributed by atoms with Crippen LogP contribution in [0.2, 0.25) is 0 Å². The van der Waals surface area contributed by atoms with E-state index >= 15 is 0 Å². The first-order valence-corrected chi connectivity index (χ1v) is 10.5. The summed E-state index contributed by atoms with van der Waals surface area (Å²) < 4.78 is 7.82. The third kappa shape index (κ3) is 5.95. The average Bonchev–Trinajstić information content (AvgIpc) is 3.12. The molecule has 0 atom stereocenters. The van der Waals surface area contributed by atoms with Gasteiger partial charge >= 0.3 is 0 Å². The lowest BCUT2D eigenvalue weighted by Gasteiger charge is -2.19. The number of aromatic nitrogens is 3. The van der Waals surface area contributed by atoms with Crippen molar-refractivity contribution in [1.29, 1.82) is 0 Å². The summed E-state index contributed by atoms with van der Waals surface area (Å²) in [6.07, 6.45) is 3.96. The van der Waals surface area contributed by atoms with Crippen LogP contribution in [0.3, 0.4) is 0 Å². The van der Waals surface area contributed by atoms with Gasteiger partial charge in [-0.1, -0.05) is 6.07 Å². The lowest BCUT2D eigenvalue weighted by Crippen LogP contribution is -2.22. The predicted molar refractivity (Wildman–Crippen MR) is 117 cm³/mol. The molecule has 1 N–H and O–H groups in total. The zero-order chi connectivity index (χ0) is 20.8. The van der Waals surface area contributed by atoms with Crippen molar-refractivity contribution in [3.8, 4) is 0 Å². The Balaban J connectivity index is 1.64. The van der Waals surface area contributed by atoms with Gasteiger partial charge in [0.1, 0.15) is 11.5 Å². The van der Waals surface area contributed by atoms with Gasteiger partial charge in [0.25, 0.3) is 5.56 Å². The second-order valence-corrected chi connectivity index (χ2v) is 8.11. The number of nitrogens with one attached hydrogen (secondary N) is 1. The van der Waals surface area contributed by atoms with Gasteiger partial charge in [0.15, 0.2) is 0 Å². The molecule has 8 heteroatoms. The van der Waals surface area contributed by atoms with Crippen LogP contribution in [0.5, 0.6) is 0 Å². The molecule has 0 bridgehead atoms. The summed E-state index contributed by atoms with van der Waals surface area (Å²) in [6.45, 7) is 5.45. The lowest BCUT2D eigenvalue weighted by molar-refractivity contribution is 0.344. The number of aryl methyl sites for hydroxylation is 1. The van der Waals surface area contributed by atoms with E-state index in [2.05, 4.69) is 19.9 Å². The quantitative estimate of drug-likeness (QED) is 0.539. The smallest absolute Gasteiger partial charge is 0.255 e. The number of anilines is 1. The molecule has 0 unspecified atom stereocenters. The second-order valence-electron chi connectivity index (χ2n) is 7.12. The Morgan fingerprint density at radius 3 is 2.55 bits per heavy atom. The summed E-state index contributed by atoms with van der Waals surface area (Å²) >= 11 is 1.56. The molecule has 7 nitrogen and oxygen atoms in total. The largest absolute Gasteiger partial charge is 0.464 e. The summed E-state index contributed by atoms with van der Waals surface area (Å²) in [5.74, 6) is 3.06. The van der Waals surface area contributed by atoms with Crippen molar-refractivity contribution in [2.45, 2.75) is 32.6 Å². The van der Waals surface area contributed by atoms with Gasteiger partial charge in [0.2, 0.25) is 5.95 Å². The van der Waals surface area contributed by atoms with Crippen LogP contribution in [0.1, 0.15) is 35.3 Å². The highest BCUT2D eigenvalue weighted by Gasteiger charge is 2.12. The number of H-pyrrole nitrogens is 1. The van der Waals surface area contributed by atoms with E-state index in [1.165, 1.54) is 0 Å². The normalized spacial score (nSPS) is 11.2. The Morgan fingerprint density at radius 2 is 1.90 bits per heavy atom. The number of rotatable bonds is 9. The molecule has 0 radical (unpaired) electrons. The zero-order valence-corrected chi connectivity index (χ0v) is 18.1. The number of nitrogens with zero attached hydrogens (tertiary/aromatic N) is 4. The maximum Gasteiger partial charge on any atom is 0.255 e. The molecule has 0 aromatic carbocycles. The van der Waals surface area contributed by atoms with Crippen molar-refractivity contribution in [2.75, 3.05) is 24.9 Å². The number of hydrogen-bond acceptors (Lipinski definition) is 7. The fourth-order valence-corrected chi connectivity index (χ4v) is 3.66. The first-order chi connectivity index (χ1) is 13.9. The molecule has 0 spiro atoms. The molecule has 0 aliphatic rings. The van der Waals surface area contributed by atoms with Crippen LogP contribution < -0.4 is 9.86 Å². The van der Waals surface area contributed by atoms with E-state index in [0.29, 0.717) is 30.2 Å². The van der Waals surface area contributed by atoms with Crippen LogP contribution >= 0.6 is 11.9 Å². The Kier molecular flexibility index (Phi) is 7.11. The molecule has 3 aromatic rings. The van der Waals surface area contributed by atoms with Gasteiger partial charge in [0.05, 0.1) is 12.3 Å². The Bertz CT molecular complexity index is 981. The van der Waals surface area contributed by atoms with Gasteiger partial charge in [-0.3, -0.25) is 19.1 Å².